The minimum Gasteiger partial charge on any atom is -0.495 e. The number of carbonyl (C=O) groups is 1. The molecule has 0 bridgehead atoms. The van der Waals surface area contributed by atoms with Crippen LogP contribution >= 0.6 is 0 Å². The fourth-order valence-electron chi connectivity index (χ4n) is 4.47. The number of fused-ring (bicyclic) bond motifs is 1. The van der Waals surface area contributed by atoms with Crippen LogP contribution in [0.4, 0.5) is 0 Å². The van der Waals surface area contributed by atoms with Gasteiger partial charge in [0.1, 0.15) is 29.7 Å². The third kappa shape index (κ3) is 3.95. The van der Waals surface area contributed by atoms with Gasteiger partial charge in [0.25, 0.3) is 0 Å². The maximum atomic E-state index is 11.8. The maximum Gasteiger partial charge on any atom is 0.338 e. The summed E-state index contributed by atoms with van der Waals surface area (Å²) in [5, 5.41) is 16.9. The van der Waals surface area contributed by atoms with Crippen molar-refractivity contribution in [1.29, 1.82) is 5.26 Å². The molecule has 1 aromatic carbocycles. The van der Waals surface area contributed by atoms with E-state index in [0.29, 0.717) is 41.4 Å². The Balaban J connectivity index is 1.30. The Kier molecular flexibility index (Phi) is 5.54. The summed E-state index contributed by atoms with van der Waals surface area (Å²) in [5.41, 5.74) is 5.51. The monoisotopic (exact) mass is 445 g/mol. The number of methoxy groups -OCH3 is 1. The Bertz CT molecular complexity index is 1260. The number of esters is 1. The molecule has 2 aliphatic rings. The van der Waals surface area contributed by atoms with Crippen LogP contribution in [0, 0.1) is 18.3 Å². The molecule has 4 heterocycles. The molecule has 0 amide bonds. The van der Waals surface area contributed by atoms with Crippen molar-refractivity contribution in [3.63, 3.8) is 0 Å². The van der Waals surface area contributed by atoms with Crippen LogP contribution in [0.25, 0.3) is 11.4 Å². The second kappa shape index (κ2) is 8.65. The number of nitriles is 1. The fourth-order valence-corrected chi connectivity index (χ4v) is 4.47. The first-order valence-electron chi connectivity index (χ1n) is 10.7. The summed E-state index contributed by atoms with van der Waals surface area (Å²) in [6.07, 6.45) is 1.47. The summed E-state index contributed by atoms with van der Waals surface area (Å²) < 4.78 is 16.0. The van der Waals surface area contributed by atoms with E-state index in [2.05, 4.69) is 33.4 Å². The second-order valence-electron chi connectivity index (χ2n) is 8.18. The van der Waals surface area contributed by atoms with Crippen LogP contribution in [-0.2, 0) is 17.9 Å². The predicted molar refractivity (Wildman–Crippen MR) is 117 cm³/mol. The van der Waals surface area contributed by atoms with Gasteiger partial charge in [0, 0.05) is 49.6 Å². The van der Waals surface area contributed by atoms with Gasteiger partial charge in [-0.2, -0.15) is 5.26 Å². The summed E-state index contributed by atoms with van der Waals surface area (Å²) in [6, 6.07) is 9.65. The van der Waals surface area contributed by atoms with Crippen LogP contribution in [-0.4, -0.2) is 47.8 Å². The van der Waals surface area contributed by atoms with Crippen LogP contribution in [0.5, 0.6) is 5.75 Å². The van der Waals surface area contributed by atoms with Gasteiger partial charge >= 0.3 is 5.97 Å². The highest BCUT2D eigenvalue weighted by Gasteiger charge is 2.28. The van der Waals surface area contributed by atoms with E-state index in [1.165, 1.54) is 18.9 Å². The summed E-state index contributed by atoms with van der Waals surface area (Å²) in [4.78, 5) is 18.5. The molecule has 1 atom stereocenters. The Hall–Kier alpha value is -3.74. The number of aromatic nitrogens is 2. The lowest BCUT2D eigenvalue weighted by atomic mass is 9.93. The van der Waals surface area contributed by atoms with Crippen LogP contribution in [0.15, 0.2) is 35.0 Å². The number of rotatable bonds is 5. The number of ether oxygens (including phenoxy) is 2. The highest BCUT2D eigenvalue weighted by atomic mass is 16.5. The zero-order chi connectivity index (χ0) is 22.9. The molecule has 33 heavy (non-hydrogen) atoms. The molecule has 3 aromatic rings. The van der Waals surface area contributed by atoms with Crippen LogP contribution in [0.3, 0.4) is 0 Å². The molecule has 0 saturated carbocycles. The molecule has 1 N–H and O–H groups in total. The highest BCUT2D eigenvalue weighted by molar-refractivity contribution is 5.94. The predicted octanol–water partition coefficient (Wildman–Crippen LogP) is 2.74. The first-order chi connectivity index (χ1) is 16.1. The van der Waals surface area contributed by atoms with Crippen molar-refractivity contribution in [2.75, 3.05) is 26.7 Å². The van der Waals surface area contributed by atoms with Gasteiger partial charge in [-0.15, -0.1) is 0 Å². The van der Waals surface area contributed by atoms with Gasteiger partial charge in [0.15, 0.2) is 5.76 Å². The summed E-state index contributed by atoms with van der Waals surface area (Å²) in [5.74, 6) is 0.947. The van der Waals surface area contributed by atoms with E-state index < -0.39 is 0 Å². The molecule has 2 aromatic heterocycles. The number of pyridine rings is 1. The van der Waals surface area contributed by atoms with Crippen LogP contribution in [0.2, 0.25) is 0 Å². The van der Waals surface area contributed by atoms with E-state index in [9.17, 15) is 4.79 Å². The van der Waals surface area contributed by atoms with E-state index in [4.69, 9.17) is 19.3 Å². The van der Waals surface area contributed by atoms with E-state index in [1.54, 1.807) is 6.07 Å². The number of hydrogen-bond donors (Lipinski definition) is 1. The summed E-state index contributed by atoms with van der Waals surface area (Å²) >= 11 is 0. The quantitative estimate of drug-likeness (QED) is 0.592. The highest BCUT2D eigenvalue weighted by Crippen LogP contribution is 2.31. The van der Waals surface area contributed by atoms with Crippen LogP contribution in [0.1, 0.15) is 44.4 Å². The molecular formula is C24H23N5O4. The number of cyclic esters (lactones) is 1. The zero-order valence-corrected chi connectivity index (χ0v) is 18.4. The van der Waals surface area contributed by atoms with Gasteiger partial charge in [-0.3, -0.25) is 9.88 Å². The molecule has 2 aliphatic heterocycles. The lowest BCUT2D eigenvalue weighted by Gasteiger charge is -2.34. The smallest absolute Gasteiger partial charge is 0.338 e. The first kappa shape index (κ1) is 21.1. The van der Waals surface area contributed by atoms with Gasteiger partial charge < -0.3 is 19.3 Å². The fraction of sp³-hybridized carbons (Fsp3) is 0.333. The van der Waals surface area contributed by atoms with Gasteiger partial charge in [-0.05, 0) is 24.1 Å². The molecule has 0 aliphatic carbocycles. The number of piperazine rings is 1. The van der Waals surface area contributed by atoms with E-state index in [0.717, 1.165) is 36.5 Å². The molecule has 5 rings (SSSR count). The van der Waals surface area contributed by atoms with Crippen molar-refractivity contribution in [2.24, 2.45) is 0 Å². The van der Waals surface area contributed by atoms with E-state index >= 15 is 0 Å². The summed E-state index contributed by atoms with van der Waals surface area (Å²) in [7, 11) is 1.52. The van der Waals surface area contributed by atoms with Gasteiger partial charge in [0.2, 0.25) is 0 Å². The zero-order valence-electron chi connectivity index (χ0n) is 18.4. The van der Waals surface area contributed by atoms with Gasteiger partial charge in [-0.25, -0.2) is 4.79 Å². The number of nitrogens with zero attached hydrogens (tertiary/aromatic N) is 4. The molecule has 0 unspecified atom stereocenters. The Morgan fingerprint density at radius 2 is 2.21 bits per heavy atom. The lowest BCUT2D eigenvalue weighted by molar-refractivity contribution is 0.0535. The minimum absolute atomic E-state index is 0.145. The lowest BCUT2D eigenvalue weighted by Crippen LogP contribution is -2.45. The minimum atomic E-state index is -0.242. The van der Waals surface area contributed by atoms with Crippen LogP contribution < -0.4 is 10.1 Å². The molecular weight excluding hydrogens is 422 g/mol. The molecule has 1 fully saturated rings. The summed E-state index contributed by atoms with van der Waals surface area (Å²) in [6.45, 7) is 5.53. The van der Waals surface area contributed by atoms with Crippen molar-refractivity contribution in [3.8, 4) is 23.2 Å². The Morgan fingerprint density at radius 1 is 1.33 bits per heavy atom. The van der Waals surface area contributed by atoms with Gasteiger partial charge in [-0.1, -0.05) is 11.2 Å². The number of carbonyl (C=O) groups excluding carboxylic acids is 1. The Morgan fingerprint density at radius 3 is 3.03 bits per heavy atom. The number of nitrogens with one attached hydrogen (secondary N) is 1. The van der Waals surface area contributed by atoms with Crippen molar-refractivity contribution >= 4 is 5.97 Å². The van der Waals surface area contributed by atoms with Gasteiger partial charge in [0.05, 0.1) is 24.9 Å². The molecule has 0 radical (unpaired) electrons. The molecule has 168 valence electrons. The molecule has 9 heteroatoms. The second-order valence-corrected chi connectivity index (χ2v) is 8.18. The standard InChI is InChI=1S/C24H23N5O4/c1-14-17(3-4-18-19(14)13-32-24(18)30)22-12-29(6-5-26-22)11-16-7-21(28-33-16)20-8-23(31-2)15(9-25)10-27-20/h3-4,7-8,10,22,26H,5-6,11-13H2,1-2H3/t22-/m0/s1. The third-order valence-corrected chi connectivity index (χ3v) is 6.25. The molecule has 1 saturated heterocycles. The average Bonchev–Trinajstić information content (AvgIpc) is 3.46. The first-order valence-corrected chi connectivity index (χ1v) is 10.7. The average molecular weight is 445 g/mol. The normalized spacial score (nSPS) is 18.0. The van der Waals surface area contributed by atoms with E-state index in [-0.39, 0.29) is 12.0 Å². The third-order valence-electron chi connectivity index (χ3n) is 6.25. The number of hydrogen-bond acceptors (Lipinski definition) is 9. The molecule has 9 nitrogen and oxygen atoms in total. The Labute approximate surface area is 190 Å². The van der Waals surface area contributed by atoms with Crippen molar-refractivity contribution in [1.82, 2.24) is 20.4 Å². The maximum absolute atomic E-state index is 11.8. The van der Waals surface area contributed by atoms with Crippen molar-refractivity contribution < 1.29 is 18.8 Å². The van der Waals surface area contributed by atoms with Crippen molar-refractivity contribution in [2.45, 2.75) is 26.1 Å². The van der Waals surface area contributed by atoms with Crippen molar-refractivity contribution in [3.05, 3.63) is 64.0 Å². The van der Waals surface area contributed by atoms with E-state index in [1.807, 2.05) is 18.2 Å². The SMILES string of the molecule is COc1cc(-c2cc(CN3CCN[C@H](c4ccc5c(c4C)COC5=O)C3)on2)ncc1C#N. The number of benzene rings is 1. The molecule has 0 spiro atoms. The topological polar surface area (TPSA) is 114 Å². The largest absolute Gasteiger partial charge is 0.495 e.